The van der Waals surface area contributed by atoms with Gasteiger partial charge < -0.3 is 5.32 Å². The number of nitrogens with one attached hydrogen (secondary N) is 1. The van der Waals surface area contributed by atoms with Crippen LogP contribution in [0.1, 0.15) is 16.8 Å². The first-order valence-electron chi connectivity index (χ1n) is 10.4. The third-order valence-electron chi connectivity index (χ3n) is 7.23. The fraction of sp³-hybridized carbons (Fsp3) is 0.292. The largest absolute Gasteiger partial charge is 0.322 e. The van der Waals surface area contributed by atoms with E-state index in [0.717, 1.165) is 10.9 Å². The third kappa shape index (κ3) is 2.84. The topological polar surface area (TPSA) is 66.5 Å². The molecule has 0 aromatic heterocycles. The average Bonchev–Trinajstić information content (AvgIpc) is 3.54. The van der Waals surface area contributed by atoms with Gasteiger partial charge in [0.1, 0.15) is 0 Å². The predicted molar refractivity (Wildman–Crippen MR) is 121 cm³/mol. The Hall–Kier alpha value is -2.44. The normalized spacial score (nSPS) is 32.1. The van der Waals surface area contributed by atoms with Crippen LogP contribution in [0.4, 0.5) is 11.4 Å². The van der Waals surface area contributed by atoms with Gasteiger partial charge in [0.05, 0.1) is 22.5 Å². The van der Waals surface area contributed by atoms with Gasteiger partial charge in [0.15, 0.2) is 0 Å². The molecular formula is C24H18BrClN2O3. The van der Waals surface area contributed by atoms with E-state index in [1.807, 2.05) is 0 Å². The zero-order chi connectivity index (χ0) is 21.4. The van der Waals surface area contributed by atoms with Crippen LogP contribution in [0.3, 0.4) is 0 Å². The molecule has 1 N–H and O–H groups in total. The summed E-state index contributed by atoms with van der Waals surface area (Å²) in [6, 6.07) is 11.8. The molecule has 1 saturated heterocycles. The Kier molecular flexibility index (Phi) is 4.21. The second kappa shape index (κ2) is 6.78. The number of nitrogens with zero attached hydrogens (tertiary/aromatic N) is 1. The Labute approximate surface area is 192 Å². The van der Waals surface area contributed by atoms with Gasteiger partial charge in [-0.2, -0.15) is 0 Å². The average molecular weight is 498 g/mol. The van der Waals surface area contributed by atoms with Crippen LogP contribution < -0.4 is 10.2 Å². The van der Waals surface area contributed by atoms with Gasteiger partial charge >= 0.3 is 0 Å². The van der Waals surface area contributed by atoms with E-state index in [0.29, 0.717) is 33.8 Å². The summed E-state index contributed by atoms with van der Waals surface area (Å²) in [4.78, 5) is 40.3. The lowest BCUT2D eigenvalue weighted by molar-refractivity contribution is -0.124. The molecule has 1 aliphatic heterocycles. The lowest BCUT2D eigenvalue weighted by Crippen LogP contribution is -2.40. The van der Waals surface area contributed by atoms with Crippen LogP contribution in [0, 0.1) is 35.5 Å². The molecule has 5 aliphatic rings. The second-order valence-corrected chi connectivity index (χ2v) is 10.1. The van der Waals surface area contributed by atoms with Gasteiger partial charge in [0.2, 0.25) is 11.8 Å². The first kappa shape index (κ1) is 19.3. The van der Waals surface area contributed by atoms with Crippen molar-refractivity contribution in [3.8, 4) is 0 Å². The minimum atomic E-state index is -0.292. The van der Waals surface area contributed by atoms with Crippen molar-refractivity contribution in [1.82, 2.24) is 0 Å². The second-order valence-electron chi connectivity index (χ2n) is 8.80. The van der Waals surface area contributed by atoms with Crippen molar-refractivity contribution in [2.75, 3.05) is 10.2 Å². The molecule has 4 aliphatic carbocycles. The molecule has 2 aromatic carbocycles. The molecule has 2 bridgehead atoms. The molecule has 0 radical (unpaired) electrons. The highest BCUT2D eigenvalue weighted by molar-refractivity contribution is 9.10. The molecule has 5 nitrogen and oxygen atoms in total. The number of hydrogen-bond acceptors (Lipinski definition) is 3. The maximum atomic E-state index is 13.2. The van der Waals surface area contributed by atoms with E-state index in [1.165, 1.54) is 4.90 Å². The van der Waals surface area contributed by atoms with Gasteiger partial charge in [-0.15, -0.1) is 0 Å². The quantitative estimate of drug-likeness (QED) is 0.484. The van der Waals surface area contributed by atoms with Crippen molar-refractivity contribution in [1.29, 1.82) is 0 Å². The van der Waals surface area contributed by atoms with Gasteiger partial charge in [0.25, 0.3) is 5.91 Å². The van der Waals surface area contributed by atoms with Crippen molar-refractivity contribution < 1.29 is 14.4 Å². The maximum Gasteiger partial charge on any atom is 0.255 e. The summed E-state index contributed by atoms with van der Waals surface area (Å²) in [5, 5.41) is 3.30. The molecule has 3 fully saturated rings. The van der Waals surface area contributed by atoms with E-state index in [9.17, 15) is 14.4 Å². The number of carbonyl (C=O) groups is 3. The first-order chi connectivity index (χ1) is 14.9. The Bertz CT molecular complexity index is 1140. The van der Waals surface area contributed by atoms with E-state index in [2.05, 4.69) is 33.4 Å². The standard InChI is InChI=1S/C24H18BrClN2O3/c25-18-8-3-12(9-19(18)26)27-22(29)11-1-4-13(5-2-11)28-23(30)20-14-6-7-15(17-10-16(14)17)21(20)24(28)31/h1-9,14-17,20-21H,10H2,(H,27,29)/t14-,15+,16-,17-,20+,21-/m1/s1. The van der Waals surface area contributed by atoms with Crippen LogP contribution >= 0.6 is 27.5 Å². The van der Waals surface area contributed by atoms with Gasteiger partial charge in [-0.25, -0.2) is 0 Å². The number of rotatable bonds is 3. The molecule has 2 saturated carbocycles. The molecule has 7 rings (SSSR count). The highest BCUT2D eigenvalue weighted by Gasteiger charge is 2.67. The lowest BCUT2D eigenvalue weighted by Gasteiger charge is -2.37. The Morgan fingerprint density at radius 3 is 2.16 bits per heavy atom. The SMILES string of the molecule is O=C(Nc1ccc(Br)c(Cl)c1)c1ccc(N2C(=O)[C@@H]3[C@H]4C=C[C@H]([C@H]5C[C@H]45)[C@@H]3C2=O)cc1. The lowest BCUT2D eigenvalue weighted by atomic mass is 9.63. The molecule has 0 unspecified atom stereocenters. The monoisotopic (exact) mass is 496 g/mol. The van der Waals surface area contributed by atoms with E-state index in [-0.39, 0.29) is 41.4 Å². The minimum absolute atomic E-state index is 0.0959. The molecule has 2 aromatic rings. The van der Waals surface area contributed by atoms with Gasteiger partial charge in [-0.3, -0.25) is 19.3 Å². The van der Waals surface area contributed by atoms with Crippen molar-refractivity contribution in [2.24, 2.45) is 35.5 Å². The van der Waals surface area contributed by atoms with Crippen molar-refractivity contribution in [3.05, 3.63) is 69.7 Å². The zero-order valence-corrected chi connectivity index (χ0v) is 18.6. The summed E-state index contributed by atoms with van der Waals surface area (Å²) in [6.45, 7) is 0. The summed E-state index contributed by atoms with van der Waals surface area (Å²) >= 11 is 9.40. The highest BCUT2D eigenvalue weighted by atomic mass is 79.9. The fourth-order valence-electron chi connectivity index (χ4n) is 5.75. The summed E-state index contributed by atoms with van der Waals surface area (Å²) in [5.74, 6) is 0.612. The molecule has 6 atom stereocenters. The fourth-order valence-corrected chi connectivity index (χ4v) is 6.18. The van der Waals surface area contributed by atoms with Gasteiger partial charge in [0, 0.05) is 15.7 Å². The predicted octanol–water partition coefficient (Wildman–Crippen LogP) is 4.91. The number of anilines is 2. The number of halogens is 2. The number of amides is 3. The van der Waals surface area contributed by atoms with Crippen molar-refractivity contribution in [2.45, 2.75) is 6.42 Å². The van der Waals surface area contributed by atoms with Crippen LogP contribution in [0.25, 0.3) is 0 Å². The van der Waals surface area contributed by atoms with E-state index < -0.39 is 0 Å². The smallest absolute Gasteiger partial charge is 0.255 e. The van der Waals surface area contributed by atoms with Crippen molar-refractivity contribution >= 4 is 56.6 Å². The number of hydrogen-bond donors (Lipinski definition) is 1. The van der Waals surface area contributed by atoms with E-state index in [1.54, 1.807) is 42.5 Å². The number of carbonyl (C=O) groups excluding carboxylic acids is 3. The molecule has 7 heteroatoms. The third-order valence-corrected chi connectivity index (χ3v) is 8.46. The molecular weight excluding hydrogens is 480 g/mol. The van der Waals surface area contributed by atoms with E-state index >= 15 is 0 Å². The van der Waals surface area contributed by atoms with Gasteiger partial charge in [-0.1, -0.05) is 23.8 Å². The summed E-state index contributed by atoms with van der Waals surface area (Å²) in [6.07, 6.45) is 5.47. The number of imide groups is 1. The minimum Gasteiger partial charge on any atom is -0.322 e. The summed E-state index contributed by atoms with van der Waals surface area (Å²) < 4.78 is 0.748. The Morgan fingerprint density at radius 2 is 1.58 bits per heavy atom. The molecule has 3 amide bonds. The summed E-state index contributed by atoms with van der Waals surface area (Å²) in [7, 11) is 0. The van der Waals surface area contributed by atoms with Gasteiger partial charge in [-0.05, 0) is 88.5 Å². The Balaban J connectivity index is 1.22. The van der Waals surface area contributed by atoms with Crippen LogP contribution in [-0.4, -0.2) is 17.7 Å². The van der Waals surface area contributed by atoms with Crippen LogP contribution in [0.5, 0.6) is 0 Å². The van der Waals surface area contributed by atoms with Crippen molar-refractivity contribution in [3.63, 3.8) is 0 Å². The molecule has 156 valence electrons. The Morgan fingerprint density at radius 1 is 0.968 bits per heavy atom. The number of allylic oxidation sites excluding steroid dienone is 2. The van der Waals surface area contributed by atoms with Crippen LogP contribution in [0.15, 0.2) is 59.1 Å². The molecule has 0 spiro atoms. The highest BCUT2D eigenvalue weighted by Crippen LogP contribution is 2.65. The first-order valence-corrected chi connectivity index (χ1v) is 11.5. The van der Waals surface area contributed by atoms with Crippen LogP contribution in [-0.2, 0) is 9.59 Å². The summed E-state index contributed by atoms with van der Waals surface area (Å²) in [5.41, 5.74) is 1.54. The van der Waals surface area contributed by atoms with E-state index in [4.69, 9.17) is 11.6 Å². The molecule has 31 heavy (non-hydrogen) atoms. The van der Waals surface area contributed by atoms with Crippen LogP contribution in [0.2, 0.25) is 5.02 Å². The zero-order valence-electron chi connectivity index (χ0n) is 16.3. The number of benzene rings is 2. The maximum absolute atomic E-state index is 13.2. The molecule has 1 heterocycles.